The van der Waals surface area contributed by atoms with Crippen LogP contribution < -0.4 is 4.74 Å². The van der Waals surface area contributed by atoms with Crippen LogP contribution in [0.4, 0.5) is 0 Å². The van der Waals surface area contributed by atoms with Gasteiger partial charge in [-0.15, -0.1) is 0 Å². The molecule has 0 aliphatic carbocycles. The largest absolute Gasteiger partial charge is 0.491 e. The van der Waals surface area contributed by atoms with Crippen molar-refractivity contribution in [2.45, 2.75) is 19.5 Å². The number of imide groups is 1. The summed E-state index contributed by atoms with van der Waals surface area (Å²) in [6, 6.07) is 14.0. The number of fused-ring (bicyclic) bond motifs is 2. The summed E-state index contributed by atoms with van der Waals surface area (Å²) in [6.07, 6.45) is 0. The molecule has 2 aliphatic heterocycles. The average Bonchev–Trinajstić information content (AvgIpc) is 2.80. The normalized spacial score (nSPS) is 18.9. The van der Waals surface area contributed by atoms with E-state index < -0.39 is 11.8 Å². The zero-order valence-corrected chi connectivity index (χ0v) is 14.3. The minimum Gasteiger partial charge on any atom is -0.491 e. The molecule has 1 atom stereocenters. The quantitative estimate of drug-likeness (QED) is 0.778. The van der Waals surface area contributed by atoms with Gasteiger partial charge in [-0.05, 0) is 25.1 Å². The molecule has 132 valence electrons. The third-order valence-electron chi connectivity index (χ3n) is 4.82. The number of nitrogens with zero attached hydrogens (tertiary/aromatic N) is 2. The lowest BCUT2D eigenvalue weighted by molar-refractivity contribution is -0.134. The van der Waals surface area contributed by atoms with Gasteiger partial charge in [-0.2, -0.15) is 0 Å². The zero-order chi connectivity index (χ0) is 18.3. The van der Waals surface area contributed by atoms with E-state index in [1.165, 1.54) is 0 Å². The molecule has 0 fully saturated rings. The molecule has 26 heavy (non-hydrogen) atoms. The van der Waals surface area contributed by atoms with E-state index in [0.29, 0.717) is 24.3 Å². The van der Waals surface area contributed by atoms with Gasteiger partial charge in [-0.25, -0.2) is 0 Å². The number of para-hydroxylation sites is 1. The van der Waals surface area contributed by atoms with Crippen molar-refractivity contribution in [3.8, 4) is 5.75 Å². The highest BCUT2D eigenvalue weighted by molar-refractivity contribution is 6.22. The van der Waals surface area contributed by atoms with Gasteiger partial charge in [0.15, 0.2) is 0 Å². The molecule has 3 amide bonds. The number of benzene rings is 2. The summed E-state index contributed by atoms with van der Waals surface area (Å²) >= 11 is 0. The topological polar surface area (TPSA) is 66.9 Å². The maximum atomic E-state index is 12.9. The minimum absolute atomic E-state index is 0.162. The van der Waals surface area contributed by atoms with Gasteiger partial charge in [0.05, 0.1) is 17.2 Å². The van der Waals surface area contributed by atoms with Gasteiger partial charge < -0.3 is 9.64 Å². The van der Waals surface area contributed by atoms with Crippen LogP contribution in [0.15, 0.2) is 48.5 Å². The van der Waals surface area contributed by atoms with Gasteiger partial charge in [0.2, 0.25) is 5.91 Å². The van der Waals surface area contributed by atoms with Crippen molar-refractivity contribution >= 4 is 17.7 Å². The Bertz CT molecular complexity index is 873. The van der Waals surface area contributed by atoms with E-state index in [2.05, 4.69) is 0 Å². The van der Waals surface area contributed by atoms with E-state index in [1.54, 1.807) is 29.2 Å². The first-order chi connectivity index (χ1) is 12.6. The fraction of sp³-hybridized carbons (Fsp3) is 0.250. The summed E-state index contributed by atoms with van der Waals surface area (Å²) in [6.45, 7) is 2.38. The number of rotatable bonds is 2. The van der Waals surface area contributed by atoms with Crippen LogP contribution in [0, 0.1) is 0 Å². The van der Waals surface area contributed by atoms with Crippen LogP contribution in [0.2, 0.25) is 0 Å². The van der Waals surface area contributed by atoms with E-state index in [0.717, 1.165) is 16.2 Å². The van der Waals surface area contributed by atoms with E-state index in [4.69, 9.17) is 4.74 Å². The maximum absolute atomic E-state index is 12.9. The lowest BCUT2D eigenvalue weighted by atomic mass is 10.1. The molecule has 0 N–H and O–H groups in total. The molecule has 0 aromatic heterocycles. The molecule has 2 heterocycles. The van der Waals surface area contributed by atoms with Crippen molar-refractivity contribution in [2.75, 3.05) is 13.2 Å². The molecule has 0 saturated carbocycles. The molecule has 2 aliphatic rings. The fourth-order valence-electron chi connectivity index (χ4n) is 3.36. The number of carbonyl (C=O) groups is 3. The highest BCUT2D eigenvalue weighted by atomic mass is 16.5. The Morgan fingerprint density at radius 3 is 2.35 bits per heavy atom. The predicted molar refractivity (Wildman–Crippen MR) is 93.8 cm³/mol. The lowest BCUT2D eigenvalue weighted by Crippen LogP contribution is -2.46. The van der Waals surface area contributed by atoms with Gasteiger partial charge in [0.1, 0.15) is 18.9 Å². The standard InChI is InChI=1S/C20H18N2O4/c1-13-12-26-17-9-5-2-6-14(17)10-21(13)18(23)11-22-19(24)15-7-3-4-8-16(15)20(22)25/h2-9,13H,10-12H2,1H3/t13-/m0/s1. The second kappa shape index (κ2) is 6.29. The monoisotopic (exact) mass is 350 g/mol. The Labute approximate surface area is 151 Å². The van der Waals surface area contributed by atoms with Crippen molar-refractivity contribution in [1.29, 1.82) is 0 Å². The van der Waals surface area contributed by atoms with E-state index in [-0.39, 0.29) is 18.5 Å². The van der Waals surface area contributed by atoms with Gasteiger partial charge >= 0.3 is 0 Å². The molecular weight excluding hydrogens is 332 g/mol. The van der Waals surface area contributed by atoms with E-state index in [1.807, 2.05) is 31.2 Å². The average molecular weight is 350 g/mol. The molecule has 6 nitrogen and oxygen atoms in total. The Hall–Kier alpha value is -3.15. The third-order valence-corrected chi connectivity index (χ3v) is 4.82. The first-order valence-electron chi connectivity index (χ1n) is 8.51. The maximum Gasteiger partial charge on any atom is 0.262 e. The molecule has 2 aromatic rings. The van der Waals surface area contributed by atoms with Gasteiger partial charge in [-0.3, -0.25) is 19.3 Å². The summed E-state index contributed by atoms with van der Waals surface area (Å²) in [4.78, 5) is 40.5. The van der Waals surface area contributed by atoms with Crippen molar-refractivity contribution in [1.82, 2.24) is 9.80 Å². The third kappa shape index (κ3) is 2.63. The second-order valence-corrected chi connectivity index (χ2v) is 6.53. The smallest absolute Gasteiger partial charge is 0.262 e. The first kappa shape index (κ1) is 16.3. The molecule has 0 bridgehead atoms. The van der Waals surface area contributed by atoms with Crippen molar-refractivity contribution in [2.24, 2.45) is 0 Å². The molecule has 0 radical (unpaired) electrons. The number of ether oxygens (including phenoxy) is 1. The van der Waals surface area contributed by atoms with Gasteiger partial charge in [0.25, 0.3) is 11.8 Å². The van der Waals surface area contributed by atoms with Crippen LogP contribution >= 0.6 is 0 Å². The van der Waals surface area contributed by atoms with E-state index in [9.17, 15) is 14.4 Å². The predicted octanol–water partition coefficient (Wildman–Crippen LogP) is 2.09. The Balaban J connectivity index is 1.55. The SMILES string of the molecule is C[C@H]1COc2ccccc2CN1C(=O)CN1C(=O)c2ccccc2C1=O. The van der Waals surface area contributed by atoms with Crippen LogP contribution in [-0.2, 0) is 11.3 Å². The summed E-state index contributed by atoms with van der Waals surface area (Å²) in [7, 11) is 0. The number of hydrogen-bond donors (Lipinski definition) is 0. The van der Waals surface area contributed by atoms with Crippen LogP contribution in [-0.4, -0.2) is 46.7 Å². The highest BCUT2D eigenvalue weighted by Gasteiger charge is 2.38. The second-order valence-electron chi connectivity index (χ2n) is 6.53. The summed E-state index contributed by atoms with van der Waals surface area (Å²) in [5.74, 6) is -0.348. The summed E-state index contributed by atoms with van der Waals surface area (Å²) in [5.41, 5.74) is 1.61. The number of carbonyl (C=O) groups excluding carboxylic acids is 3. The highest BCUT2D eigenvalue weighted by Crippen LogP contribution is 2.26. The summed E-state index contributed by atoms with van der Waals surface area (Å²) < 4.78 is 5.76. The Kier molecular flexibility index (Phi) is 3.95. The van der Waals surface area contributed by atoms with Crippen molar-refractivity contribution < 1.29 is 19.1 Å². The van der Waals surface area contributed by atoms with Gasteiger partial charge in [-0.1, -0.05) is 30.3 Å². The molecule has 2 aromatic carbocycles. The molecule has 4 rings (SSSR count). The number of hydrogen-bond acceptors (Lipinski definition) is 4. The molecule has 0 saturated heterocycles. The van der Waals surface area contributed by atoms with Crippen molar-refractivity contribution in [3.05, 3.63) is 65.2 Å². The number of amides is 3. The lowest BCUT2D eigenvalue weighted by Gasteiger charge is -2.28. The Morgan fingerprint density at radius 2 is 1.65 bits per heavy atom. The Morgan fingerprint density at radius 1 is 1.04 bits per heavy atom. The minimum atomic E-state index is -0.418. The zero-order valence-electron chi connectivity index (χ0n) is 14.3. The van der Waals surface area contributed by atoms with Crippen LogP contribution in [0.3, 0.4) is 0 Å². The van der Waals surface area contributed by atoms with Gasteiger partial charge in [0, 0.05) is 12.1 Å². The van der Waals surface area contributed by atoms with E-state index >= 15 is 0 Å². The van der Waals surface area contributed by atoms with Crippen molar-refractivity contribution in [3.63, 3.8) is 0 Å². The molecule has 6 heteroatoms. The van der Waals surface area contributed by atoms with Crippen LogP contribution in [0.25, 0.3) is 0 Å². The molecule has 0 spiro atoms. The fourth-order valence-corrected chi connectivity index (χ4v) is 3.36. The first-order valence-corrected chi connectivity index (χ1v) is 8.51. The van der Waals surface area contributed by atoms with Crippen LogP contribution in [0.1, 0.15) is 33.2 Å². The summed E-state index contributed by atoms with van der Waals surface area (Å²) in [5, 5.41) is 0. The molecule has 0 unspecified atom stereocenters. The molecular formula is C20H18N2O4. The van der Waals surface area contributed by atoms with Crippen LogP contribution in [0.5, 0.6) is 5.75 Å².